The maximum atomic E-state index is 12.0. The van der Waals surface area contributed by atoms with Gasteiger partial charge in [0, 0.05) is 32.7 Å². The Balaban J connectivity index is 1.48. The summed E-state index contributed by atoms with van der Waals surface area (Å²) in [5, 5.41) is 8.89. The lowest BCUT2D eigenvalue weighted by atomic mass is 10.0. The van der Waals surface area contributed by atoms with Crippen LogP contribution >= 0.6 is 0 Å². The van der Waals surface area contributed by atoms with Crippen LogP contribution in [0, 0.1) is 23.7 Å². The molecule has 0 aromatic carbocycles. The highest BCUT2D eigenvalue weighted by atomic mass is 16.5. The third-order valence-corrected chi connectivity index (χ3v) is 4.32. The van der Waals surface area contributed by atoms with Crippen LogP contribution in [0.3, 0.4) is 0 Å². The molecule has 1 saturated carbocycles. The van der Waals surface area contributed by atoms with Crippen molar-refractivity contribution in [2.24, 2.45) is 23.7 Å². The number of fused-ring (bicyclic) bond motifs is 1. The largest absolute Gasteiger partial charge is 0.481 e. The molecule has 3 rings (SSSR count). The smallest absolute Gasteiger partial charge is 0.307 e. The van der Waals surface area contributed by atoms with E-state index in [-0.39, 0.29) is 23.7 Å². The van der Waals surface area contributed by atoms with E-state index in [9.17, 15) is 9.59 Å². The van der Waals surface area contributed by atoms with Crippen molar-refractivity contribution in [2.75, 3.05) is 26.3 Å². The van der Waals surface area contributed by atoms with Gasteiger partial charge in [-0.25, -0.2) is 0 Å². The SMILES string of the molecule is O=C(O)C1[C@H]2CN(C(=O)C[C@@H]3CCOC3)C[C@@H]12. The summed E-state index contributed by atoms with van der Waals surface area (Å²) in [6.07, 6.45) is 1.54. The number of amides is 1. The standard InChI is InChI=1S/C12H17NO4/c14-10(3-7-1-2-17-6-7)13-4-8-9(5-13)11(8)12(15)16/h7-9,11H,1-6H2,(H,15,16)/t7-,8-,9+,11?/m0/s1. The molecule has 5 heteroatoms. The Bertz CT molecular complexity index is 338. The summed E-state index contributed by atoms with van der Waals surface area (Å²) in [6.45, 7) is 2.76. The first-order valence-corrected chi connectivity index (χ1v) is 6.25. The highest BCUT2D eigenvalue weighted by Crippen LogP contribution is 2.51. The van der Waals surface area contributed by atoms with E-state index < -0.39 is 5.97 Å². The number of nitrogens with zero attached hydrogens (tertiary/aromatic N) is 1. The van der Waals surface area contributed by atoms with Crippen molar-refractivity contribution in [1.82, 2.24) is 4.90 Å². The molecule has 1 unspecified atom stereocenters. The van der Waals surface area contributed by atoms with Gasteiger partial charge in [-0.3, -0.25) is 9.59 Å². The van der Waals surface area contributed by atoms with Gasteiger partial charge in [-0.2, -0.15) is 0 Å². The van der Waals surface area contributed by atoms with Gasteiger partial charge in [-0.05, 0) is 24.2 Å². The second-order valence-electron chi connectivity index (χ2n) is 5.42. The number of ether oxygens (including phenoxy) is 1. The molecule has 0 radical (unpaired) electrons. The zero-order chi connectivity index (χ0) is 12.0. The van der Waals surface area contributed by atoms with Gasteiger partial charge in [0.25, 0.3) is 0 Å². The van der Waals surface area contributed by atoms with Crippen molar-refractivity contribution >= 4 is 11.9 Å². The molecule has 3 aliphatic rings. The van der Waals surface area contributed by atoms with E-state index in [1.807, 2.05) is 4.90 Å². The van der Waals surface area contributed by atoms with Crippen LogP contribution < -0.4 is 0 Å². The summed E-state index contributed by atoms with van der Waals surface area (Å²) in [4.78, 5) is 24.6. The number of piperidine rings is 1. The second kappa shape index (κ2) is 3.98. The number of hydrogen-bond donors (Lipinski definition) is 1. The molecule has 1 aliphatic carbocycles. The fraction of sp³-hybridized carbons (Fsp3) is 0.833. The Kier molecular flexibility index (Phi) is 2.58. The average molecular weight is 239 g/mol. The van der Waals surface area contributed by atoms with E-state index in [0.29, 0.717) is 32.0 Å². The van der Waals surface area contributed by atoms with Crippen LogP contribution in [0.2, 0.25) is 0 Å². The third kappa shape index (κ3) is 1.92. The summed E-state index contributed by atoms with van der Waals surface area (Å²) >= 11 is 0. The van der Waals surface area contributed by atoms with Gasteiger partial charge in [0.2, 0.25) is 5.91 Å². The highest BCUT2D eigenvalue weighted by Gasteiger charge is 2.60. The fourth-order valence-corrected chi connectivity index (χ4v) is 3.22. The molecule has 1 amide bonds. The van der Waals surface area contributed by atoms with Gasteiger partial charge in [-0.1, -0.05) is 0 Å². The van der Waals surface area contributed by atoms with Crippen molar-refractivity contribution in [3.05, 3.63) is 0 Å². The zero-order valence-electron chi connectivity index (χ0n) is 9.67. The Morgan fingerprint density at radius 2 is 2.00 bits per heavy atom. The Morgan fingerprint density at radius 1 is 1.29 bits per heavy atom. The normalized spacial score (nSPS) is 39.2. The summed E-state index contributed by atoms with van der Waals surface area (Å²) in [5.41, 5.74) is 0. The molecule has 2 heterocycles. The summed E-state index contributed by atoms with van der Waals surface area (Å²) in [6, 6.07) is 0. The van der Waals surface area contributed by atoms with Crippen LogP contribution in [-0.4, -0.2) is 48.2 Å². The number of carbonyl (C=O) groups excluding carboxylic acids is 1. The van der Waals surface area contributed by atoms with Crippen LogP contribution in [0.15, 0.2) is 0 Å². The van der Waals surface area contributed by atoms with Gasteiger partial charge in [0.1, 0.15) is 0 Å². The van der Waals surface area contributed by atoms with Gasteiger partial charge in [0.15, 0.2) is 0 Å². The lowest BCUT2D eigenvalue weighted by molar-refractivity contribution is -0.141. The predicted molar refractivity (Wildman–Crippen MR) is 58.2 cm³/mol. The number of rotatable bonds is 3. The Labute approximate surface area is 99.7 Å². The number of carboxylic acids is 1. The number of hydrogen-bond acceptors (Lipinski definition) is 3. The number of carboxylic acid groups (broad SMARTS) is 1. The minimum Gasteiger partial charge on any atom is -0.481 e. The minimum absolute atomic E-state index is 0.178. The topological polar surface area (TPSA) is 66.8 Å². The van der Waals surface area contributed by atoms with E-state index in [4.69, 9.17) is 9.84 Å². The van der Waals surface area contributed by atoms with Crippen LogP contribution in [0.5, 0.6) is 0 Å². The van der Waals surface area contributed by atoms with E-state index in [1.54, 1.807) is 0 Å². The number of likely N-dealkylation sites (tertiary alicyclic amines) is 1. The molecule has 2 aliphatic heterocycles. The molecule has 0 aromatic heterocycles. The molecule has 4 atom stereocenters. The summed E-state index contributed by atoms with van der Waals surface area (Å²) in [5.74, 6) is 0.101. The first-order chi connectivity index (χ1) is 8.16. The molecule has 2 saturated heterocycles. The van der Waals surface area contributed by atoms with Crippen LogP contribution in [-0.2, 0) is 14.3 Å². The van der Waals surface area contributed by atoms with Gasteiger partial charge < -0.3 is 14.7 Å². The van der Waals surface area contributed by atoms with Crippen molar-refractivity contribution in [1.29, 1.82) is 0 Å². The monoisotopic (exact) mass is 239 g/mol. The average Bonchev–Trinajstić information content (AvgIpc) is 2.73. The molecule has 0 aromatic rings. The van der Waals surface area contributed by atoms with Crippen molar-refractivity contribution < 1.29 is 19.4 Å². The molecule has 94 valence electrons. The first kappa shape index (κ1) is 11.0. The van der Waals surface area contributed by atoms with Crippen LogP contribution in [0.1, 0.15) is 12.8 Å². The molecule has 3 fully saturated rings. The molecular formula is C12H17NO4. The quantitative estimate of drug-likeness (QED) is 0.764. The number of aliphatic carboxylic acids is 1. The van der Waals surface area contributed by atoms with Crippen LogP contribution in [0.4, 0.5) is 0 Å². The summed E-state index contributed by atoms with van der Waals surface area (Å²) in [7, 11) is 0. The minimum atomic E-state index is -0.698. The van der Waals surface area contributed by atoms with E-state index in [1.165, 1.54) is 0 Å². The molecule has 1 N–H and O–H groups in total. The molecule has 0 bridgehead atoms. The highest BCUT2D eigenvalue weighted by molar-refractivity contribution is 5.79. The second-order valence-corrected chi connectivity index (χ2v) is 5.42. The first-order valence-electron chi connectivity index (χ1n) is 6.25. The third-order valence-electron chi connectivity index (χ3n) is 4.32. The Morgan fingerprint density at radius 3 is 2.53 bits per heavy atom. The van der Waals surface area contributed by atoms with Gasteiger partial charge >= 0.3 is 5.97 Å². The molecule has 5 nitrogen and oxygen atoms in total. The van der Waals surface area contributed by atoms with E-state index in [0.717, 1.165) is 13.0 Å². The molecule has 0 spiro atoms. The van der Waals surface area contributed by atoms with E-state index in [2.05, 4.69) is 0 Å². The zero-order valence-corrected chi connectivity index (χ0v) is 9.67. The van der Waals surface area contributed by atoms with Crippen molar-refractivity contribution in [2.45, 2.75) is 12.8 Å². The summed E-state index contributed by atoms with van der Waals surface area (Å²) < 4.78 is 5.25. The molecule has 17 heavy (non-hydrogen) atoms. The maximum absolute atomic E-state index is 12.0. The lowest BCUT2D eigenvalue weighted by Crippen LogP contribution is -2.33. The van der Waals surface area contributed by atoms with Crippen LogP contribution in [0.25, 0.3) is 0 Å². The maximum Gasteiger partial charge on any atom is 0.307 e. The van der Waals surface area contributed by atoms with E-state index >= 15 is 0 Å². The lowest BCUT2D eigenvalue weighted by Gasteiger charge is -2.20. The Hall–Kier alpha value is -1.10. The molecular weight excluding hydrogens is 222 g/mol. The number of carbonyl (C=O) groups is 2. The van der Waals surface area contributed by atoms with Gasteiger partial charge in [-0.15, -0.1) is 0 Å². The van der Waals surface area contributed by atoms with Gasteiger partial charge in [0.05, 0.1) is 5.92 Å². The fourth-order valence-electron chi connectivity index (χ4n) is 3.22. The predicted octanol–water partition coefficient (Wildman–Crippen LogP) is 0.202. The van der Waals surface area contributed by atoms with Crippen molar-refractivity contribution in [3.8, 4) is 0 Å². The van der Waals surface area contributed by atoms with Crippen molar-refractivity contribution in [3.63, 3.8) is 0 Å².